The lowest BCUT2D eigenvalue weighted by molar-refractivity contribution is -0.148. The number of nitrogens with one attached hydrogen (secondary N) is 3. The largest absolute Gasteiger partial charge is 0.464 e. The topological polar surface area (TPSA) is 125 Å². The summed E-state index contributed by atoms with van der Waals surface area (Å²) >= 11 is 0. The van der Waals surface area contributed by atoms with E-state index in [0.29, 0.717) is 43.7 Å². The average Bonchev–Trinajstić information content (AvgIpc) is 3.54. The molecule has 10 nitrogen and oxygen atoms in total. The standard InChI is InChI=1S/C22H37N7O3/c1-29(21(30)18-4-2-9-23-18)10-3-11-32-22(31)19-13-17-12-15(5-7-16(17)14-24-19)6-8-20-25-27-28-26-20/h15-19,23-24H,2-14H2,1H3,(H,25,26,27,28)/t15-,16+,17-,18-,19+/m1/s1/i19D. The van der Waals surface area contributed by atoms with Gasteiger partial charge in [0.05, 0.1) is 14.0 Å². The van der Waals surface area contributed by atoms with Crippen molar-refractivity contribution >= 4 is 11.9 Å². The summed E-state index contributed by atoms with van der Waals surface area (Å²) in [5, 5.41) is 20.5. The molecule has 178 valence electrons. The second kappa shape index (κ2) is 11.2. The Labute approximate surface area is 191 Å². The van der Waals surface area contributed by atoms with Gasteiger partial charge in [0.2, 0.25) is 5.91 Å². The minimum absolute atomic E-state index is 0.0834. The fourth-order valence-electron chi connectivity index (χ4n) is 5.40. The lowest BCUT2D eigenvalue weighted by Gasteiger charge is -2.42. The number of hydrogen-bond acceptors (Lipinski definition) is 8. The maximum Gasteiger partial charge on any atom is 0.323 e. The molecule has 1 saturated carbocycles. The van der Waals surface area contributed by atoms with Crippen LogP contribution >= 0.6 is 0 Å². The van der Waals surface area contributed by atoms with Crippen LogP contribution in [0.2, 0.25) is 0 Å². The van der Waals surface area contributed by atoms with E-state index >= 15 is 0 Å². The number of tetrazole rings is 1. The summed E-state index contributed by atoms with van der Waals surface area (Å²) in [6, 6.07) is -1.47. The first kappa shape index (κ1) is 21.8. The van der Waals surface area contributed by atoms with Crippen LogP contribution in [0.3, 0.4) is 0 Å². The van der Waals surface area contributed by atoms with Crippen LogP contribution in [-0.2, 0) is 20.7 Å². The Bertz CT molecular complexity index is 789. The zero-order chi connectivity index (χ0) is 23.3. The number of aromatic amines is 1. The van der Waals surface area contributed by atoms with Crippen molar-refractivity contribution in [2.45, 2.75) is 69.8 Å². The van der Waals surface area contributed by atoms with Crippen molar-refractivity contribution < 1.29 is 15.7 Å². The number of aryl methyl sites for hydroxylation is 1. The zero-order valence-corrected chi connectivity index (χ0v) is 19.0. The van der Waals surface area contributed by atoms with Gasteiger partial charge >= 0.3 is 5.97 Å². The van der Waals surface area contributed by atoms with Crippen LogP contribution in [0.1, 0.15) is 58.6 Å². The van der Waals surface area contributed by atoms with E-state index in [1.165, 1.54) is 6.42 Å². The van der Waals surface area contributed by atoms with E-state index in [1.54, 1.807) is 11.9 Å². The molecule has 3 heterocycles. The molecule has 0 unspecified atom stereocenters. The minimum atomic E-state index is -1.38. The molecule has 1 aliphatic carbocycles. The summed E-state index contributed by atoms with van der Waals surface area (Å²) in [6.45, 7) is 2.34. The molecule has 4 rings (SSSR count). The van der Waals surface area contributed by atoms with Gasteiger partial charge in [0, 0.05) is 20.0 Å². The molecule has 2 aliphatic heterocycles. The van der Waals surface area contributed by atoms with Crippen LogP contribution in [0.25, 0.3) is 0 Å². The molecular formula is C22H37N7O3. The third-order valence-corrected chi connectivity index (χ3v) is 7.31. The number of esters is 1. The summed E-state index contributed by atoms with van der Waals surface area (Å²) in [4.78, 5) is 26.8. The summed E-state index contributed by atoms with van der Waals surface area (Å²) in [5.74, 6) is 1.77. The average molecular weight is 449 g/mol. The molecule has 1 aromatic heterocycles. The van der Waals surface area contributed by atoms with Gasteiger partial charge in [-0.25, -0.2) is 0 Å². The van der Waals surface area contributed by atoms with E-state index in [0.717, 1.165) is 50.9 Å². The number of rotatable bonds is 9. The molecule has 3 N–H and O–H groups in total. The van der Waals surface area contributed by atoms with Gasteiger partial charge in [-0.1, -0.05) is 11.6 Å². The zero-order valence-electron chi connectivity index (χ0n) is 20.0. The van der Waals surface area contributed by atoms with Crippen molar-refractivity contribution in [2.24, 2.45) is 17.8 Å². The number of aromatic nitrogens is 4. The van der Waals surface area contributed by atoms with Crippen molar-refractivity contribution in [1.29, 1.82) is 0 Å². The first-order valence-corrected chi connectivity index (χ1v) is 12.1. The smallest absolute Gasteiger partial charge is 0.323 e. The first-order chi connectivity index (χ1) is 15.9. The van der Waals surface area contributed by atoms with Crippen LogP contribution in [0, 0.1) is 17.8 Å². The Morgan fingerprint density at radius 3 is 2.91 bits per heavy atom. The van der Waals surface area contributed by atoms with Crippen LogP contribution in [0.15, 0.2) is 0 Å². The molecule has 1 aromatic rings. The molecule has 5 atom stereocenters. The predicted molar refractivity (Wildman–Crippen MR) is 117 cm³/mol. The second-order valence-electron chi connectivity index (χ2n) is 9.53. The highest BCUT2D eigenvalue weighted by Crippen LogP contribution is 2.40. The lowest BCUT2D eigenvalue weighted by atomic mass is 9.69. The van der Waals surface area contributed by atoms with Gasteiger partial charge in [0.15, 0.2) is 5.82 Å². The van der Waals surface area contributed by atoms with Gasteiger partial charge in [0.1, 0.15) is 6.02 Å². The van der Waals surface area contributed by atoms with Crippen molar-refractivity contribution in [3.8, 4) is 0 Å². The van der Waals surface area contributed by atoms with Gasteiger partial charge in [-0.3, -0.25) is 9.59 Å². The van der Waals surface area contributed by atoms with Gasteiger partial charge in [-0.15, -0.1) is 10.2 Å². The fourth-order valence-corrected chi connectivity index (χ4v) is 5.40. The molecule has 0 spiro atoms. The summed E-state index contributed by atoms with van der Waals surface area (Å²) in [6.07, 6.45) is 8.09. The van der Waals surface area contributed by atoms with Gasteiger partial charge < -0.3 is 20.3 Å². The third kappa shape index (κ3) is 6.04. The maximum absolute atomic E-state index is 12.8. The molecule has 10 heteroatoms. The number of fused-ring (bicyclic) bond motifs is 1. The van der Waals surface area contributed by atoms with E-state index in [4.69, 9.17) is 6.11 Å². The summed E-state index contributed by atoms with van der Waals surface area (Å²) < 4.78 is 14.2. The number of carbonyl (C=O) groups is 2. The maximum atomic E-state index is 12.8. The van der Waals surface area contributed by atoms with Crippen molar-refractivity contribution in [3.05, 3.63) is 5.82 Å². The van der Waals surface area contributed by atoms with Crippen LogP contribution in [0.4, 0.5) is 0 Å². The van der Waals surface area contributed by atoms with E-state index in [9.17, 15) is 9.59 Å². The summed E-state index contributed by atoms with van der Waals surface area (Å²) in [5.41, 5.74) is 0. The van der Waals surface area contributed by atoms with Crippen LogP contribution in [0.5, 0.6) is 0 Å². The Hall–Kier alpha value is -2.07. The van der Waals surface area contributed by atoms with E-state index in [-0.39, 0.29) is 18.6 Å². The SMILES string of the molecule is [2H][C@@]1(C(=O)OCCCN(C)C(=O)[C@H]2CCCN2)C[C@H]2C[C@@H](CCc3nn[nH]n3)CC[C@H]2CN1. The van der Waals surface area contributed by atoms with Crippen LogP contribution < -0.4 is 10.6 Å². The molecule has 0 aromatic carbocycles. The Balaban J connectivity index is 1.19. The molecule has 32 heavy (non-hydrogen) atoms. The number of piperidine rings is 1. The van der Waals surface area contributed by atoms with Crippen molar-refractivity contribution in [2.75, 3.05) is 33.3 Å². The van der Waals surface area contributed by atoms with Gasteiger partial charge in [-0.05, 0) is 75.8 Å². The number of carbonyl (C=O) groups excluding carboxylic acids is 2. The summed E-state index contributed by atoms with van der Waals surface area (Å²) in [7, 11) is 1.79. The number of H-pyrrole nitrogens is 1. The molecule has 0 bridgehead atoms. The van der Waals surface area contributed by atoms with E-state index < -0.39 is 12.0 Å². The minimum Gasteiger partial charge on any atom is -0.464 e. The normalized spacial score (nSPS) is 32.7. The second-order valence-corrected chi connectivity index (χ2v) is 9.53. The Morgan fingerprint density at radius 2 is 2.12 bits per heavy atom. The van der Waals surface area contributed by atoms with E-state index in [2.05, 4.69) is 31.3 Å². The Kier molecular flexibility index (Phi) is 7.60. The fraction of sp³-hybridized carbons (Fsp3) is 0.864. The molecule has 2 saturated heterocycles. The lowest BCUT2D eigenvalue weighted by Crippen LogP contribution is -2.50. The van der Waals surface area contributed by atoms with Crippen molar-refractivity contribution in [1.82, 2.24) is 36.2 Å². The number of amides is 1. The quantitative estimate of drug-likeness (QED) is 0.372. The third-order valence-electron chi connectivity index (χ3n) is 7.31. The highest BCUT2D eigenvalue weighted by molar-refractivity contribution is 5.81. The van der Waals surface area contributed by atoms with Gasteiger partial charge in [0.25, 0.3) is 0 Å². The molecule has 3 aliphatic rings. The molecule has 0 radical (unpaired) electrons. The van der Waals surface area contributed by atoms with Gasteiger partial charge in [-0.2, -0.15) is 5.21 Å². The number of likely N-dealkylation sites (N-methyl/N-ethyl adjacent to an activating group) is 1. The number of hydrogen-bond donors (Lipinski definition) is 3. The molecule has 3 fully saturated rings. The monoisotopic (exact) mass is 448 g/mol. The highest BCUT2D eigenvalue weighted by atomic mass is 16.5. The first-order valence-electron chi connectivity index (χ1n) is 12.6. The van der Waals surface area contributed by atoms with Crippen molar-refractivity contribution in [3.63, 3.8) is 0 Å². The van der Waals surface area contributed by atoms with Crippen LogP contribution in [-0.4, -0.2) is 82.7 Å². The predicted octanol–water partition coefficient (Wildman–Crippen LogP) is 0.670. The molecule has 1 amide bonds. The number of ether oxygens (including phenoxy) is 1. The Morgan fingerprint density at radius 1 is 1.22 bits per heavy atom. The molecular weight excluding hydrogens is 410 g/mol. The van der Waals surface area contributed by atoms with E-state index in [1.807, 2.05) is 0 Å². The number of nitrogens with zero attached hydrogens (tertiary/aromatic N) is 4. The highest BCUT2D eigenvalue weighted by Gasteiger charge is 2.38.